The first-order valence-electron chi connectivity index (χ1n) is 6.59. The number of thioether (sulfide) groups is 1. The zero-order valence-electron chi connectivity index (χ0n) is 11.8. The highest BCUT2D eigenvalue weighted by molar-refractivity contribution is 7.99. The Morgan fingerprint density at radius 3 is 2.81 bits per heavy atom. The number of carboxylic acids is 1. The van der Waals surface area contributed by atoms with Crippen molar-refractivity contribution in [1.82, 2.24) is 14.8 Å². The molecule has 1 aromatic heterocycles. The van der Waals surface area contributed by atoms with Gasteiger partial charge in [0, 0.05) is 6.42 Å². The number of aliphatic carboxylic acids is 1. The quantitative estimate of drug-likeness (QED) is 0.825. The Balaban J connectivity index is 2.53. The van der Waals surface area contributed by atoms with Gasteiger partial charge in [0.2, 0.25) is 0 Å². The molecular formula is C14H16ClN3O2S. The van der Waals surface area contributed by atoms with Crippen molar-refractivity contribution in [2.75, 3.05) is 5.75 Å². The van der Waals surface area contributed by atoms with Crippen LogP contribution in [0.3, 0.4) is 0 Å². The van der Waals surface area contributed by atoms with Gasteiger partial charge in [-0.2, -0.15) is 0 Å². The molecule has 0 aliphatic carbocycles. The van der Waals surface area contributed by atoms with E-state index in [9.17, 15) is 4.79 Å². The summed E-state index contributed by atoms with van der Waals surface area (Å²) in [4.78, 5) is 10.8. The van der Waals surface area contributed by atoms with E-state index in [1.807, 2.05) is 29.7 Å². The second kappa shape index (κ2) is 6.95. The van der Waals surface area contributed by atoms with Gasteiger partial charge in [-0.1, -0.05) is 42.4 Å². The van der Waals surface area contributed by atoms with E-state index in [1.54, 1.807) is 0 Å². The number of nitrogens with zero attached hydrogens (tertiary/aromatic N) is 3. The lowest BCUT2D eigenvalue weighted by atomic mass is 10.2. The minimum Gasteiger partial charge on any atom is -0.481 e. The topological polar surface area (TPSA) is 68.0 Å². The number of carbonyl (C=O) groups is 1. The largest absolute Gasteiger partial charge is 0.481 e. The molecule has 21 heavy (non-hydrogen) atoms. The second-order valence-electron chi connectivity index (χ2n) is 4.57. The first kappa shape index (κ1) is 15.9. The molecule has 0 atom stereocenters. The number of aryl methyl sites for hydroxylation is 2. The van der Waals surface area contributed by atoms with E-state index in [2.05, 4.69) is 17.1 Å². The normalized spacial score (nSPS) is 10.8. The maximum absolute atomic E-state index is 10.8. The van der Waals surface area contributed by atoms with Crippen LogP contribution in [-0.2, 0) is 11.2 Å². The molecule has 0 saturated carbocycles. The van der Waals surface area contributed by atoms with Crippen molar-refractivity contribution in [1.29, 1.82) is 0 Å². The number of rotatable bonds is 6. The fraction of sp³-hybridized carbons (Fsp3) is 0.357. The van der Waals surface area contributed by atoms with Crippen LogP contribution in [0.25, 0.3) is 5.69 Å². The van der Waals surface area contributed by atoms with Crippen LogP contribution in [0.4, 0.5) is 0 Å². The number of halogens is 1. The molecule has 0 spiro atoms. The van der Waals surface area contributed by atoms with Crippen molar-refractivity contribution in [2.45, 2.75) is 31.8 Å². The molecule has 0 unspecified atom stereocenters. The highest BCUT2D eigenvalue weighted by Gasteiger charge is 2.18. The summed E-state index contributed by atoms with van der Waals surface area (Å²) in [5.41, 5.74) is 1.82. The third-order valence-corrected chi connectivity index (χ3v) is 4.13. The number of para-hydroxylation sites is 1. The van der Waals surface area contributed by atoms with Gasteiger partial charge in [0.05, 0.1) is 16.5 Å². The fourth-order valence-electron chi connectivity index (χ4n) is 2.04. The van der Waals surface area contributed by atoms with Crippen LogP contribution >= 0.6 is 23.4 Å². The lowest BCUT2D eigenvalue weighted by Crippen LogP contribution is -2.07. The lowest BCUT2D eigenvalue weighted by molar-refractivity contribution is -0.133. The average Bonchev–Trinajstić information content (AvgIpc) is 2.80. The minimum absolute atomic E-state index is 0.0617. The predicted octanol–water partition coefficient (Wildman–Crippen LogP) is 3.36. The summed E-state index contributed by atoms with van der Waals surface area (Å²) < 4.78 is 1.87. The smallest absolute Gasteiger partial charge is 0.313 e. The van der Waals surface area contributed by atoms with E-state index < -0.39 is 5.97 Å². The highest BCUT2D eigenvalue weighted by Crippen LogP contribution is 2.30. The Morgan fingerprint density at radius 1 is 1.43 bits per heavy atom. The predicted molar refractivity (Wildman–Crippen MR) is 83.5 cm³/mol. The molecule has 0 saturated heterocycles. The van der Waals surface area contributed by atoms with Gasteiger partial charge in [-0.05, 0) is 25.0 Å². The molecule has 2 rings (SSSR count). The lowest BCUT2D eigenvalue weighted by Gasteiger charge is -2.13. The number of carboxylic acid groups (broad SMARTS) is 1. The van der Waals surface area contributed by atoms with Crippen LogP contribution in [0.5, 0.6) is 0 Å². The van der Waals surface area contributed by atoms with Crippen molar-refractivity contribution in [2.24, 2.45) is 0 Å². The van der Waals surface area contributed by atoms with Crippen LogP contribution in [0.1, 0.15) is 24.7 Å². The van der Waals surface area contributed by atoms with Crippen molar-refractivity contribution in [3.63, 3.8) is 0 Å². The van der Waals surface area contributed by atoms with E-state index in [0.717, 1.165) is 41.7 Å². The molecule has 5 nitrogen and oxygen atoms in total. The maximum atomic E-state index is 10.8. The van der Waals surface area contributed by atoms with Crippen LogP contribution in [0.2, 0.25) is 5.02 Å². The number of benzene rings is 1. The van der Waals surface area contributed by atoms with Gasteiger partial charge in [-0.3, -0.25) is 9.36 Å². The zero-order chi connectivity index (χ0) is 15.4. The van der Waals surface area contributed by atoms with Crippen LogP contribution in [-0.4, -0.2) is 31.6 Å². The fourth-order valence-corrected chi connectivity index (χ4v) is 3.02. The minimum atomic E-state index is -0.887. The van der Waals surface area contributed by atoms with Crippen molar-refractivity contribution in [3.8, 4) is 5.69 Å². The zero-order valence-corrected chi connectivity index (χ0v) is 13.4. The average molecular weight is 326 g/mol. The summed E-state index contributed by atoms with van der Waals surface area (Å²) in [7, 11) is 0. The molecule has 0 amide bonds. The van der Waals surface area contributed by atoms with Crippen molar-refractivity contribution in [3.05, 3.63) is 34.6 Å². The SMILES string of the molecule is CCCc1nnc(SCC(=O)O)n1-c1c(C)cccc1Cl. The van der Waals surface area contributed by atoms with Gasteiger partial charge in [-0.25, -0.2) is 0 Å². The second-order valence-corrected chi connectivity index (χ2v) is 5.92. The maximum Gasteiger partial charge on any atom is 0.313 e. The summed E-state index contributed by atoms with van der Waals surface area (Å²) in [6.45, 7) is 4.02. The molecule has 7 heteroatoms. The van der Waals surface area contributed by atoms with E-state index in [0.29, 0.717) is 10.2 Å². The third kappa shape index (κ3) is 3.57. The molecule has 112 valence electrons. The summed E-state index contributed by atoms with van der Waals surface area (Å²) in [5.74, 6) is -0.155. The molecule has 2 aromatic rings. The van der Waals surface area contributed by atoms with E-state index in [-0.39, 0.29) is 5.75 Å². The first-order chi connectivity index (χ1) is 10.0. The summed E-state index contributed by atoms with van der Waals surface area (Å²) in [6, 6.07) is 5.66. The number of aromatic nitrogens is 3. The molecule has 0 aliphatic rings. The Morgan fingerprint density at radius 2 is 2.19 bits per heavy atom. The molecule has 0 fully saturated rings. The number of hydrogen-bond donors (Lipinski definition) is 1. The van der Waals surface area contributed by atoms with E-state index in [1.165, 1.54) is 0 Å². The van der Waals surface area contributed by atoms with Crippen molar-refractivity contribution >= 4 is 29.3 Å². The molecule has 1 aromatic carbocycles. The van der Waals surface area contributed by atoms with Gasteiger partial charge in [0.25, 0.3) is 0 Å². The Hall–Kier alpha value is -1.53. The van der Waals surface area contributed by atoms with Crippen LogP contribution in [0, 0.1) is 6.92 Å². The summed E-state index contributed by atoms with van der Waals surface area (Å²) >= 11 is 7.47. The molecular weight excluding hydrogens is 310 g/mol. The molecule has 0 radical (unpaired) electrons. The van der Waals surface area contributed by atoms with Gasteiger partial charge in [0.1, 0.15) is 5.82 Å². The van der Waals surface area contributed by atoms with E-state index in [4.69, 9.17) is 16.7 Å². The molecule has 0 bridgehead atoms. The Labute approximate surface area is 132 Å². The van der Waals surface area contributed by atoms with Crippen molar-refractivity contribution < 1.29 is 9.90 Å². The molecule has 0 aliphatic heterocycles. The third-order valence-electron chi connectivity index (χ3n) is 2.91. The van der Waals surface area contributed by atoms with Gasteiger partial charge < -0.3 is 5.11 Å². The standard InChI is InChI=1S/C14H16ClN3O2S/c1-3-5-11-16-17-14(21-8-12(19)20)18(11)13-9(2)6-4-7-10(13)15/h4,6-7H,3,5,8H2,1-2H3,(H,19,20). The Kier molecular flexibility index (Phi) is 5.25. The van der Waals surface area contributed by atoms with Gasteiger partial charge >= 0.3 is 5.97 Å². The first-order valence-corrected chi connectivity index (χ1v) is 7.95. The van der Waals surface area contributed by atoms with Gasteiger partial charge in [-0.15, -0.1) is 10.2 Å². The van der Waals surface area contributed by atoms with Crippen LogP contribution in [0.15, 0.2) is 23.4 Å². The molecule has 1 heterocycles. The van der Waals surface area contributed by atoms with Gasteiger partial charge in [0.15, 0.2) is 5.16 Å². The van der Waals surface area contributed by atoms with E-state index >= 15 is 0 Å². The Bertz CT molecular complexity index is 637. The monoisotopic (exact) mass is 325 g/mol. The highest BCUT2D eigenvalue weighted by atomic mass is 35.5. The summed E-state index contributed by atoms with van der Waals surface area (Å²) in [6.07, 6.45) is 1.68. The number of hydrogen-bond acceptors (Lipinski definition) is 4. The summed E-state index contributed by atoms with van der Waals surface area (Å²) in [5, 5.41) is 18.3. The van der Waals surface area contributed by atoms with Crippen LogP contribution < -0.4 is 0 Å². The molecule has 1 N–H and O–H groups in total.